The summed E-state index contributed by atoms with van der Waals surface area (Å²) in [4.78, 5) is 17.2. The predicted molar refractivity (Wildman–Crippen MR) is 117 cm³/mol. The number of piperazine rings is 1. The lowest BCUT2D eigenvalue weighted by atomic mass is 10.1. The number of ether oxygens (including phenoxy) is 1. The summed E-state index contributed by atoms with van der Waals surface area (Å²) < 4.78 is 45.3. The van der Waals surface area contributed by atoms with Crippen LogP contribution < -0.4 is 4.90 Å². The van der Waals surface area contributed by atoms with Crippen LogP contribution in [0.15, 0.2) is 52.3 Å². The number of halogens is 4. The summed E-state index contributed by atoms with van der Waals surface area (Å²) in [6, 6.07) is 10.7. The molecule has 0 unspecified atom stereocenters. The molecule has 1 saturated heterocycles. The summed E-state index contributed by atoms with van der Waals surface area (Å²) in [7, 11) is 0. The molecule has 1 aliphatic heterocycles. The van der Waals surface area contributed by atoms with E-state index in [0.717, 1.165) is 11.0 Å². The SMILES string of the molecule is CC(C)(C)OC(=O)N1CCN(c2ccc(C(F)(F)F)cc2Sc2ccc(Cl)cc2)CC1. The molecule has 2 aromatic rings. The quantitative estimate of drug-likeness (QED) is 0.506. The Balaban J connectivity index is 1.80. The first-order valence-electron chi connectivity index (χ1n) is 9.80. The van der Waals surface area contributed by atoms with Crippen molar-refractivity contribution >= 4 is 35.1 Å². The van der Waals surface area contributed by atoms with Crippen LogP contribution in [-0.4, -0.2) is 42.8 Å². The van der Waals surface area contributed by atoms with Gasteiger partial charge in [-0.1, -0.05) is 23.4 Å². The van der Waals surface area contributed by atoms with E-state index in [9.17, 15) is 18.0 Å². The van der Waals surface area contributed by atoms with Crippen molar-refractivity contribution in [3.8, 4) is 0 Å². The van der Waals surface area contributed by atoms with E-state index in [4.69, 9.17) is 16.3 Å². The highest BCUT2D eigenvalue weighted by atomic mass is 35.5. The smallest absolute Gasteiger partial charge is 0.416 e. The zero-order valence-corrected chi connectivity index (χ0v) is 19.1. The summed E-state index contributed by atoms with van der Waals surface area (Å²) in [5, 5.41) is 0.562. The highest BCUT2D eigenvalue weighted by Crippen LogP contribution is 2.40. The van der Waals surface area contributed by atoms with E-state index >= 15 is 0 Å². The summed E-state index contributed by atoms with van der Waals surface area (Å²) in [6.45, 7) is 7.29. The molecule has 0 bridgehead atoms. The molecule has 0 atom stereocenters. The van der Waals surface area contributed by atoms with Gasteiger partial charge in [-0.15, -0.1) is 0 Å². The topological polar surface area (TPSA) is 32.8 Å². The molecule has 31 heavy (non-hydrogen) atoms. The molecule has 1 heterocycles. The maximum absolute atomic E-state index is 13.3. The Labute approximate surface area is 189 Å². The molecule has 0 aromatic heterocycles. The van der Waals surface area contributed by atoms with Gasteiger partial charge < -0.3 is 14.5 Å². The Morgan fingerprint density at radius 2 is 1.61 bits per heavy atom. The Hall–Kier alpha value is -2.06. The van der Waals surface area contributed by atoms with Crippen molar-refractivity contribution in [2.75, 3.05) is 31.1 Å². The molecule has 3 rings (SSSR count). The average molecular weight is 473 g/mol. The van der Waals surface area contributed by atoms with Crippen molar-refractivity contribution in [3.63, 3.8) is 0 Å². The zero-order valence-electron chi connectivity index (χ0n) is 17.5. The van der Waals surface area contributed by atoms with Crippen LogP contribution in [0.3, 0.4) is 0 Å². The van der Waals surface area contributed by atoms with Gasteiger partial charge in [0.05, 0.1) is 11.3 Å². The summed E-state index contributed by atoms with van der Waals surface area (Å²) in [5.74, 6) is 0. The number of alkyl halides is 3. The Bertz CT molecular complexity index is 922. The van der Waals surface area contributed by atoms with Crippen molar-refractivity contribution in [2.45, 2.75) is 42.3 Å². The second-order valence-corrected chi connectivity index (χ2v) is 9.74. The van der Waals surface area contributed by atoms with Crippen molar-refractivity contribution in [1.82, 2.24) is 4.90 Å². The Kier molecular flexibility index (Phi) is 7.01. The van der Waals surface area contributed by atoms with Crippen LogP contribution in [0.4, 0.5) is 23.7 Å². The van der Waals surface area contributed by atoms with E-state index in [1.54, 1.807) is 29.2 Å². The Morgan fingerprint density at radius 1 is 1.00 bits per heavy atom. The maximum atomic E-state index is 13.3. The molecule has 0 saturated carbocycles. The van der Waals surface area contributed by atoms with Crippen LogP contribution >= 0.6 is 23.4 Å². The molecule has 9 heteroatoms. The molecular formula is C22H24ClF3N2O2S. The number of benzene rings is 2. The number of rotatable bonds is 3. The van der Waals surface area contributed by atoms with E-state index in [2.05, 4.69) is 0 Å². The van der Waals surface area contributed by atoms with Gasteiger partial charge in [-0.2, -0.15) is 13.2 Å². The molecule has 0 radical (unpaired) electrons. The monoisotopic (exact) mass is 472 g/mol. The van der Waals surface area contributed by atoms with E-state index < -0.39 is 17.3 Å². The molecule has 1 amide bonds. The minimum atomic E-state index is -4.43. The number of nitrogens with zero attached hydrogens (tertiary/aromatic N) is 2. The number of anilines is 1. The summed E-state index contributed by atoms with van der Waals surface area (Å²) in [6.07, 6.45) is -4.81. The van der Waals surface area contributed by atoms with Crippen molar-refractivity contribution in [3.05, 3.63) is 53.1 Å². The van der Waals surface area contributed by atoms with Crippen LogP contribution in [0.5, 0.6) is 0 Å². The number of amides is 1. The number of carbonyl (C=O) groups excluding carboxylic acids is 1. The third-order valence-electron chi connectivity index (χ3n) is 4.60. The van der Waals surface area contributed by atoms with Gasteiger partial charge in [-0.25, -0.2) is 4.79 Å². The molecule has 0 N–H and O–H groups in total. The molecule has 4 nitrogen and oxygen atoms in total. The molecule has 0 spiro atoms. The predicted octanol–water partition coefficient (Wildman–Crippen LogP) is 6.57. The molecule has 0 aliphatic carbocycles. The molecular weight excluding hydrogens is 449 g/mol. The second kappa shape index (κ2) is 9.20. The third-order valence-corrected chi connectivity index (χ3v) is 5.91. The standard InChI is InChI=1S/C22H24ClF3N2O2S/c1-21(2,3)30-20(29)28-12-10-27(11-13-28)18-9-4-15(22(24,25)26)14-19(18)31-17-7-5-16(23)6-8-17/h4-9,14H,10-13H2,1-3H3. The average Bonchev–Trinajstić information content (AvgIpc) is 2.68. The Morgan fingerprint density at radius 3 is 2.16 bits per heavy atom. The van der Waals surface area contributed by atoms with Gasteiger partial charge >= 0.3 is 12.3 Å². The molecule has 168 valence electrons. The minimum absolute atomic E-state index is 0.379. The molecule has 1 aliphatic rings. The normalized spacial score (nSPS) is 15.2. The minimum Gasteiger partial charge on any atom is -0.444 e. The van der Waals surface area contributed by atoms with E-state index in [-0.39, 0.29) is 6.09 Å². The van der Waals surface area contributed by atoms with Crippen LogP contribution in [0.2, 0.25) is 5.02 Å². The zero-order chi connectivity index (χ0) is 22.8. The third kappa shape index (κ3) is 6.46. The fraction of sp³-hybridized carbons (Fsp3) is 0.409. The lowest BCUT2D eigenvalue weighted by molar-refractivity contribution is -0.137. The van der Waals surface area contributed by atoms with Gasteiger partial charge in [0.15, 0.2) is 0 Å². The summed E-state index contributed by atoms with van der Waals surface area (Å²) >= 11 is 7.18. The highest BCUT2D eigenvalue weighted by Gasteiger charge is 2.32. The van der Waals surface area contributed by atoms with Crippen LogP contribution in [0.1, 0.15) is 26.3 Å². The van der Waals surface area contributed by atoms with E-state index in [1.165, 1.54) is 23.9 Å². The molecule has 1 fully saturated rings. The van der Waals surface area contributed by atoms with Crippen LogP contribution in [-0.2, 0) is 10.9 Å². The number of hydrogen-bond acceptors (Lipinski definition) is 4. The van der Waals surface area contributed by atoms with Crippen molar-refractivity contribution < 1.29 is 22.7 Å². The number of hydrogen-bond donors (Lipinski definition) is 0. The second-order valence-electron chi connectivity index (χ2n) is 8.19. The van der Waals surface area contributed by atoms with E-state index in [1.807, 2.05) is 25.7 Å². The molecule has 2 aromatic carbocycles. The maximum Gasteiger partial charge on any atom is 0.416 e. The van der Waals surface area contributed by atoms with Crippen LogP contribution in [0, 0.1) is 0 Å². The largest absolute Gasteiger partial charge is 0.444 e. The first-order valence-corrected chi connectivity index (χ1v) is 11.0. The van der Waals surface area contributed by atoms with E-state index in [0.29, 0.717) is 41.8 Å². The lowest BCUT2D eigenvalue weighted by Gasteiger charge is -2.37. The fourth-order valence-electron chi connectivity index (χ4n) is 3.12. The van der Waals surface area contributed by atoms with Gasteiger partial charge in [-0.05, 0) is 63.2 Å². The van der Waals surface area contributed by atoms with Gasteiger partial charge in [0.25, 0.3) is 0 Å². The first kappa shape index (κ1) is 23.6. The summed E-state index contributed by atoms with van der Waals surface area (Å²) in [5.41, 5.74) is -0.568. The van der Waals surface area contributed by atoms with Gasteiger partial charge in [0, 0.05) is 41.0 Å². The lowest BCUT2D eigenvalue weighted by Crippen LogP contribution is -2.50. The number of carbonyl (C=O) groups is 1. The first-order chi connectivity index (χ1) is 14.4. The fourth-order valence-corrected chi connectivity index (χ4v) is 4.26. The van der Waals surface area contributed by atoms with Gasteiger partial charge in [0.1, 0.15) is 5.60 Å². The van der Waals surface area contributed by atoms with Gasteiger partial charge in [0.2, 0.25) is 0 Å². The van der Waals surface area contributed by atoms with Crippen molar-refractivity contribution in [1.29, 1.82) is 0 Å². The van der Waals surface area contributed by atoms with Crippen LogP contribution in [0.25, 0.3) is 0 Å². The highest BCUT2D eigenvalue weighted by molar-refractivity contribution is 7.99. The van der Waals surface area contributed by atoms with Gasteiger partial charge in [-0.3, -0.25) is 0 Å². The van der Waals surface area contributed by atoms with Crippen molar-refractivity contribution in [2.24, 2.45) is 0 Å².